The van der Waals surface area contributed by atoms with E-state index in [9.17, 15) is 4.79 Å². The Morgan fingerprint density at radius 1 is 1.33 bits per heavy atom. The molecule has 18 heavy (non-hydrogen) atoms. The van der Waals surface area contributed by atoms with Crippen LogP contribution in [0, 0.1) is 0 Å². The van der Waals surface area contributed by atoms with Crippen LogP contribution in [0.5, 0.6) is 0 Å². The molecule has 1 aromatic rings. The predicted molar refractivity (Wildman–Crippen MR) is 78.5 cm³/mol. The fourth-order valence-corrected chi connectivity index (χ4v) is 2.11. The second-order valence-electron chi connectivity index (χ2n) is 4.70. The summed E-state index contributed by atoms with van der Waals surface area (Å²) in [5.41, 5.74) is 1.22. The van der Waals surface area contributed by atoms with E-state index in [0.717, 1.165) is 4.47 Å². The quantitative estimate of drug-likeness (QED) is 0.847. The third-order valence-electron chi connectivity index (χ3n) is 2.60. The SMILES string of the molecule is CC(C)NC(=O)CCNC(C)c1cccc(Br)c1. The molecule has 1 amide bonds. The van der Waals surface area contributed by atoms with Gasteiger partial charge in [-0.15, -0.1) is 0 Å². The molecule has 0 aliphatic heterocycles. The van der Waals surface area contributed by atoms with Crippen molar-refractivity contribution in [2.45, 2.75) is 39.3 Å². The summed E-state index contributed by atoms with van der Waals surface area (Å²) in [5, 5.41) is 6.23. The van der Waals surface area contributed by atoms with E-state index in [1.54, 1.807) is 0 Å². The highest BCUT2D eigenvalue weighted by Crippen LogP contribution is 2.17. The third-order valence-corrected chi connectivity index (χ3v) is 3.09. The maximum absolute atomic E-state index is 11.5. The van der Waals surface area contributed by atoms with E-state index in [0.29, 0.717) is 13.0 Å². The fourth-order valence-electron chi connectivity index (χ4n) is 1.69. The largest absolute Gasteiger partial charge is 0.354 e. The Labute approximate surface area is 117 Å². The average molecular weight is 313 g/mol. The average Bonchev–Trinajstić information content (AvgIpc) is 2.27. The zero-order valence-electron chi connectivity index (χ0n) is 11.2. The lowest BCUT2D eigenvalue weighted by atomic mass is 10.1. The summed E-state index contributed by atoms with van der Waals surface area (Å²) in [6.07, 6.45) is 0.510. The van der Waals surface area contributed by atoms with Crippen LogP contribution < -0.4 is 10.6 Å². The van der Waals surface area contributed by atoms with E-state index in [4.69, 9.17) is 0 Å². The second-order valence-corrected chi connectivity index (χ2v) is 5.62. The summed E-state index contributed by atoms with van der Waals surface area (Å²) in [5.74, 6) is 0.0962. The van der Waals surface area contributed by atoms with Gasteiger partial charge in [-0.25, -0.2) is 0 Å². The third kappa shape index (κ3) is 5.65. The molecule has 0 saturated heterocycles. The molecule has 0 aliphatic rings. The Hall–Kier alpha value is -0.870. The summed E-state index contributed by atoms with van der Waals surface area (Å²) in [4.78, 5) is 11.5. The molecule has 2 N–H and O–H groups in total. The lowest BCUT2D eigenvalue weighted by Gasteiger charge is -2.15. The van der Waals surface area contributed by atoms with Crippen LogP contribution in [0.3, 0.4) is 0 Å². The van der Waals surface area contributed by atoms with Gasteiger partial charge < -0.3 is 10.6 Å². The Balaban J connectivity index is 2.33. The molecule has 100 valence electrons. The molecular weight excluding hydrogens is 292 g/mol. The van der Waals surface area contributed by atoms with Crippen molar-refractivity contribution in [3.63, 3.8) is 0 Å². The highest BCUT2D eigenvalue weighted by atomic mass is 79.9. The maximum Gasteiger partial charge on any atom is 0.221 e. The van der Waals surface area contributed by atoms with Crippen LogP contribution in [0.1, 0.15) is 38.8 Å². The van der Waals surface area contributed by atoms with Crippen LogP contribution in [0.25, 0.3) is 0 Å². The van der Waals surface area contributed by atoms with Crippen LogP contribution in [0.15, 0.2) is 28.7 Å². The normalized spacial score (nSPS) is 12.5. The highest BCUT2D eigenvalue weighted by molar-refractivity contribution is 9.10. The molecule has 0 aromatic heterocycles. The van der Waals surface area contributed by atoms with Gasteiger partial charge in [-0.3, -0.25) is 4.79 Å². The molecular formula is C14H21BrN2O. The number of nitrogens with one attached hydrogen (secondary N) is 2. The zero-order chi connectivity index (χ0) is 13.5. The lowest BCUT2D eigenvalue weighted by molar-refractivity contribution is -0.121. The number of carbonyl (C=O) groups is 1. The van der Waals surface area contributed by atoms with Gasteiger partial charge in [-0.2, -0.15) is 0 Å². The van der Waals surface area contributed by atoms with Crippen molar-refractivity contribution < 1.29 is 4.79 Å². The molecule has 3 nitrogen and oxygen atoms in total. The first-order valence-electron chi connectivity index (χ1n) is 6.27. The number of halogens is 1. The molecule has 1 unspecified atom stereocenters. The smallest absolute Gasteiger partial charge is 0.221 e. The summed E-state index contributed by atoms with van der Waals surface area (Å²) < 4.78 is 1.08. The maximum atomic E-state index is 11.5. The lowest BCUT2D eigenvalue weighted by Crippen LogP contribution is -2.33. The first-order chi connectivity index (χ1) is 8.49. The van der Waals surface area contributed by atoms with E-state index in [2.05, 4.69) is 45.6 Å². The monoisotopic (exact) mass is 312 g/mol. The Kier molecular flexibility index (Phi) is 6.36. The Bertz CT molecular complexity index is 393. The van der Waals surface area contributed by atoms with Crippen molar-refractivity contribution in [1.82, 2.24) is 10.6 Å². The highest BCUT2D eigenvalue weighted by Gasteiger charge is 2.07. The second kappa shape index (κ2) is 7.54. The molecule has 1 rings (SSSR count). The van der Waals surface area contributed by atoms with Gasteiger partial charge in [0.15, 0.2) is 0 Å². The summed E-state index contributed by atoms with van der Waals surface area (Å²) in [6, 6.07) is 8.65. The molecule has 1 aromatic carbocycles. The van der Waals surface area contributed by atoms with Crippen molar-refractivity contribution in [3.8, 4) is 0 Å². The first-order valence-corrected chi connectivity index (χ1v) is 7.06. The minimum absolute atomic E-state index is 0.0962. The summed E-state index contributed by atoms with van der Waals surface area (Å²) in [6.45, 7) is 6.72. The zero-order valence-corrected chi connectivity index (χ0v) is 12.8. The van der Waals surface area contributed by atoms with Crippen LogP contribution in [0.4, 0.5) is 0 Å². The molecule has 0 saturated carbocycles. The minimum atomic E-state index is 0.0962. The molecule has 0 bridgehead atoms. The van der Waals surface area contributed by atoms with Crippen molar-refractivity contribution in [2.24, 2.45) is 0 Å². The number of rotatable bonds is 6. The van der Waals surface area contributed by atoms with Gasteiger partial charge in [0.25, 0.3) is 0 Å². The molecule has 4 heteroatoms. The Morgan fingerprint density at radius 2 is 2.06 bits per heavy atom. The van der Waals surface area contributed by atoms with Crippen LogP contribution >= 0.6 is 15.9 Å². The molecule has 0 aliphatic carbocycles. The number of amides is 1. The number of hydrogen-bond acceptors (Lipinski definition) is 2. The molecule has 0 heterocycles. The van der Waals surface area contributed by atoms with E-state index in [1.807, 2.05) is 26.0 Å². The van der Waals surface area contributed by atoms with E-state index >= 15 is 0 Å². The van der Waals surface area contributed by atoms with Crippen molar-refractivity contribution in [1.29, 1.82) is 0 Å². The fraction of sp³-hybridized carbons (Fsp3) is 0.500. The van der Waals surface area contributed by atoms with Gasteiger partial charge in [0, 0.05) is 29.5 Å². The minimum Gasteiger partial charge on any atom is -0.354 e. The van der Waals surface area contributed by atoms with E-state index in [-0.39, 0.29) is 18.0 Å². The molecule has 1 atom stereocenters. The van der Waals surface area contributed by atoms with Gasteiger partial charge in [-0.1, -0.05) is 28.1 Å². The van der Waals surface area contributed by atoms with E-state index in [1.165, 1.54) is 5.56 Å². The topological polar surface area (TPSA) is 41.1 Å². The molecule has 0 radical (unpaired) electrons. The van der Waals surface area contributed by atoms with Gasteiger partial charge in [-0.05, 0) is 38.5 Å². The number of benzene rings is 1. The van der Waals surface area contributed by atoms with Crippen LogP contribution in [0.2, 0.25) is 0 Å². The van der Waals surface area contributed by atoms with Crippen molar-refractivity contribution in [2.75, 3.05) is 6.54 Å². The predicted octanol–water partition coefficient (Wildman–Crippen LogP) is 3.01. The molecule has 0 fully saturated rings. The van der Waals surface area contributed by atoms with Crippen molar-refractivity contribution >= 4 is 21.8 Å². The summed E-state index contributed by atoms with van der Waals surface area (Å²) >= 11 is 3.46. The number of carbonyl (C=O) groups excluding carboxylic acids is 1. The van der Waals surface area contributed by atoms with Gasteiger partial charge in [0.05, 0.1) is 0 Å². The van der Waals surface area contributed by atoms with Gasteiger partial charge in [0.2, 0.25) is 5.91 Å². The van der Waals surface area contributed by atoms with Gasteiger partial charge >= 0.3 is 0 Å². The van der Waals surface area contributed by atoms with Crippen LogP contribution in [-0.4, -0.2) is 18.5 Å². The van der Waals surface area contributed by atoms with Crippen LogP contribution in [-0.2, 0) is 4.79 Å². The van der Waals surface area contributed by atoms with E-state index < -0.39 is 0 Å². The molecule has 0 spiro atoms. The standard InChI is InChI=1S/C14H21BrN2O/c1-10(2)17-14(18)7-8-16-11(3)12-5-4-6-13(15)9-12/h4-6,9-11,16H,7-8H2,1-3H3,(H,17,18). The first kappa shape index (κ1) is 15.2. The van der Waals surface area contributed by atoms with Crippen molar-refractivity contribution in [3.05, 3.63) is 34.3 Å². The van der Waals surface area contributed by atoms with Gasteiger partial charge in [0.1, 0.15) is 0 Å². The Morgan fingerprint density at radius 3 is 2.67 bits per heavy atom. The number of hydrogen-bond donors (Lipinski definition) is 2. The summed E-state index contributed by atoms with van der Waals surface area (Å²) in [7, 11) is 0.